The summed E-state index contributed by atoms with van der Waals surface area (Å²) in [6.45, 7) is 0. The summed E-state index contributed by atoms with van der Waals surface area (Å²) < 4.78 is 1.82. The van der Waals surface area contributed by atoms with Crippen LogP contribution >= 0.6 is 11.8 Å². The molecule has 0 fully saturated rings. The normalized spacial score (nSPS) is 10.3. The molecule has 7 nitrogen and oxygen atoms in total. The molecule has 0 aliphatic heterocycles. The van der Waals surface area contributed by atoms with Gasteiger partial charge in [0.15, 0.2) is 11.0 Å². The van der Waals surface area contributed by atoms with Crippen LogP contribution in [0.4, 0.5) is 5.69 Å². The van der Waals surface area contributed by atoms with Gasteiger partial charge >= 0.3 is 0 Å². The van der Waals surface area contributed by atoms with Crippen molar-refractivity contribution < 1.29 is 4.92 Å². The van der Waals surface area contributed by atoms with Crippen LogP contribution in [0.15, 0.2) is 58.6 Å². The quantitative estimate of drug-likeness (QED) is 0.534. The van der Waals surface area contributed by atoms with Gasteiger partial charge in [-0.1, -0.05) is 30.3 Å². The lowest BCUT2D eigenvalue weighted by Crippen LogP contribution is -1.95. The average molecular weight is 337 g/mol. The third-order valence-corrected chi connectivity index (χ3v) is 4.48. The maximum atomic E-state index is 10.8. The van der Waals surface area contributed by atoms with Crippen LogP contribution in [0.5, 0.6) is 0 Å². The Morgan fingerprint density at radius 3 is 2.62 bits per heavy atom. The van der Waals surface area contributed by atoms with Gasteiger partial charge < -0.3 is 4.57 Å². The molecule has 0 amide bonds. The lowest BCUT2D eigenvalue weighted by atomic mass is 10.2. The third kappa shape index (κ3) is 2.98. The molecular weight excluding hydrogens is 326 g/mol. The van der Waals surface area contributed by atoms with E-state index >= 15 is 0 Å². The summed E-state index contributed by atoms with van der Waals surface area (Å²) in [4.78, 5) is 10.9. The van der Waals surface area contributed by atoms with Gasteiger partial charge in [-0.15, -0.1) is 10.2 Å². The predicted molar refractivity (Wildman–Crippen MR) is 88.4 cm³/mol. The van der Waals surface area contributed by atoms with E-state index in [0.717, 1.165) is 5.56 Å². The highest BCUT2D eigenvalue weighted by atomic mass is 32.2. The number of aromatic nitrogens is 3. The van der Waals surface area contributed by atoms with Crippen molar-refractivity contribution in [1.29, 1.82) is 5.26 Å². The minimum Gasteiger partial charge on any atom is -0.305 e. The van der Waals surface area contributed by atoms with E-state index in [2.05, 4.69) is 10.2 Å². The van der Waals surface area contributed by atoms with E-state index in [4.69, 9.17) is 0 Å². The van der Waals surface area contributed by atoms with Gasteiger partial charge in [0.2, 0.25) is 0 Å². The summed E-state index contributed by atoms with van der Waals surface area (Å²) in [6, 6.07) is 15.8. The second kappa shape index (κ2) is 6.52. The van der Waals surface area contributed by atoms with Crippen LogP contribution in [0.25, 0.3) is 11.4 Å². The maximum Gasteiger partial charge on any atom is 0.270 e. The summed E-state index contributed by atoms with van der Waals surface area (Å²) in [5, 5.41) is 29.0. The van der Waals surface area contributed by atoms with Crippen LogP contribution in [-0.4, -0.2) is 19.7 Å². The molecule has 2 aromatic carbocycles. The molecule has 0 saturated carbocycles. The van der Waals surface area contributed by atoms with Crippen molar-refractivity contribution in [2.75, 3.05) is 0 Å². The second-order valence-electron chi connectivity index (χ2n) is 4.88. The Labute approximate surface area is 141 Å². The molecule has 0 spiro atoms. The van der Waals surface area contributed by atoms with Gasteiger partial charge in [0.25, 0.3) is 5.69 Å². The number of non-ortho nitro benzene ring substituents is 1. The molecule has 1 heterocycles. The van der Waals surface area contributed by atoms with Crippen molar-refractivity contribution >= 4 is 17.4 Å². The topological polar surface area (TPSA) is 97.6 Å². The van der Waals surface area contributed by atoms with Gasteiger partial charge in [0, 0.05) is 29.6 Å². The van der Waals surface area contributed by atoms with Crippen molar-refractivity contribution in [2.45, 2.75) is 10.1 Å². The average Bonchev–Trinajstić information content (AvgIpc) is 2.96. The van der Waals surface area contributed by atoms with Crippen molar-refractivity contribution in [2.24, 2.45) is 7.05 Å². The molecule has 0 bridgehead atoms. The highest BCUT2D eigenvalue weighted by Crippen LogP contribution is 2.32. The Kier molecular flexibility index (Phi) is 4.26. The molecule has 3 rings (SSSR count). The maximum absolute atomic E-state index is 10.8. The molecule has 0 saturated heterocycles. The summed E-state index contributed by atoms with van der Waals surface area (Å²) in [5.41, 5.74) is 1.06. The number of nitro groups is 1. The predicted octanol–water partition coefficient (Wildman–Crippen LogP) is 3.41. The fourth-order valence-electron chi connectivity index (χ4n) is 2.15. The van der Waals surface area contributed by atoms with E-state index in [1.54, 1.807) is 6.07 Å². The van der Waals surface area contributed by atoms with Gasteiger partial charge in [-0.3, -0.25) is 10.1 Å². The highest BCUT2D eigenvalue weighted by molar-refractivity contribution is 7.99. The summed E-state index contributed by atoms with van der Waals surface area (Å²) in [5.74, 6) is 0.707. The van der Waals surface area contributed by atoms with Crippen molar-refractivity contribution in [1.82, 2.24) is 14.8 Å². The minimum atomic E-state index is -0.523. The minimum absolute atomic E-state index is 0.112. The molecule has 3 aromatic rings. The van der Waals surface area contributed by atoms with Gasteiger partial charge in [0.05, 0.1) is 10.5 Å². The van der Waals surface area contributed by atoms with Gasteiger partial charge in [-0.05, 0) is 17.8 Å². The Morgan fingerprint density at radius 1 is 1.21 bits per heavy atom. The summed E-state index contributed by atoms with van der Waals surface area (Å²) >= 11 is 1.25. The molecule has 0 unspecified atom stereocenters. The number of nitro benzene ring substituents is 1. The molecule has 24 heavy (non-hydrogen) atoms. The zero-order valence-electron chi connectivity index (χ0n) is 12.6. The van der Waals surface area contributed by atoms with Gasteiger partial charge in [-0.2, -0.15) is 5.26 Å². The molecule has 0 aliphatic rings. The first kappa shape index (κ1) is 15.7. The Morgan fingerprint density at radius 2 is 1.96 bits per heavy atom. The van der Waals surface area contributed by atoms with Crippen LogP contribution in [0.3, 0.4) is 0 Å². The molecule has 118 valence electrons. The highest BCUT2D eigenvalue weighted by Gasteiger charge is 2.16. The van der Waals surface area contributed by atoms with E-state index in [-0.39, 0.29) is 11.3 Å². The van der Waals surface area contributed by atoms with E-state index in [0.29, 0.717) is 15.9 Å². The monoisotopic (exact) mass is 337 g/mol. The van der Waals surface area contributed by atoms with Crippen molar-refractivity contribution in [3.63, 3.8) is 0 Å². The van der Waals surface area contributed by atoms with Crippen molar-refractivity contribution in [3.05, 3.63) is 64.2 Å². The smallest absolute Gasteiger partial charge is 0.270 e. The van der Waals surface area contributed by atoms with E-state index in [9.17, 15) is 15.4 Å². The van der Waals surface area contributed by atoms with E-state index in [1.165, 1.54) is 23.9 Å². The number of benzene rings is 2. The SMILES string of the molecule is Cn1c(Sc2ccc([N+](=O)[O-])cc2C#N)nnc1-c1ccccc1. The van der Waals surface area contributed by atoms with Gasteiger partial charge in [0.1, 0.15) is 6.07 Å². The number of rotatable bonds is 4. The fourth-order valence-corrected chi connectivity index (χ4v) is 3.00. The van der Waals surface area contributed by atoms with E-state index in [1.807, 2.05) is 48.0 Å². The molecule has 8 heteroatoms. The number of hydrogen-bond acceptors (Lipinski definition) is 6. The fraction of sp³-hybridized carbons (Fsp3) is 0.0625. The van der Waals surface area contributed by atoms with E-state index < -0.39 is 4.92 Å². The first-order valence-electron chi connectivity index (χ1n) is 6.91. The largest absolute Gasteiger partial charge is 0.305 e. The third-order valence-electron chi connectivity index (χ3n) is 3.36. The Hall–Kier alpha value is -3.18. The number of hydrogen-bond donors (Lipinski definition) is 0. The summed E-state index contributed by atoms with van der Waals surface area (Å²) in [7, 11) is 1.84. The van der Waals surface area contributed by atoms with Crippen LogP contribution in [0, 0.1) is 21.4 Å². The zero-order chi connectivity index (χ0) is 17.1. The molecule has 0 atom stereocenters. The first-order chi connectivity index (χ1) is 11.6. The molecular formula is C16H11N5O2S. The van der Waals surface area contributed by atoms with Gasteiger partial charge in [-0.25, -0.2) is 0 Å². The summed E-state index contributed by atoms with van der Waals surface area (Å²) in [6.07, 6.45) is 0. The molecule has 0 N–H and O–H groups in total. The zero-order valence-corrected chi connectivity index (χ0v) is 13.4. The van der Waals surface area contributed by atoms with Crippen LogP contribution in [0.1, 0.15) is 5.56 Å². The Balaban J connectivity index is 1.94. The standard InChI is InChI=1S/C16H11N5O2S/c1-20-15(11-5-3-2-4-6-11)18-19-16(20)24-14-8-7-13(21(22)23)9-12(14)10-17/h2-9H,1H3. The Bertz CT molecular complexity index is 947. The first-order valence-corrected chi connectivity index (χ1v) is 7.73. The van der Waals surface area contributed by atoms with Crippen molar-refractivity contribution in [3.8, 4) is 17.5 Å². The van der Waals surface area contributed by atoms with Crippen LogP contribution in [0.2, 0.25) is 0 Å². The number of nitriles is 1. The lowest BCUT2D eigenvalue weighted by molar-refractivity contribution is -0.384. The molecule has 0 aliphatic carbocycles. The lowest BCUT2D eigenvalue weighted by Gasteiger charge is -2.05. The van der Waals surface area contributed by atoms with Crippen LogP contribution in [-0.2, 0) is 7.05 Å². The van der Waals surface area contributed by atoms with Crippen LogP contribution < -0.4 is 0 Å². The number of nitrogens with zero attached hydrogens (tertiary/aromatic N) is 5. The molecule has 0 radical (unpaired) electrons. The second-order valence-corrected chi connectivity index (χ2v) is 5.89. The molecule has 1 aromatic heterocycles.